The van der Waals surface area contributed by atoms with Crippen molar-refractivity contribution in [3.63, 3.8) is 0 Å². The first-order valence-electron chi connectivity index (χ1n) is 11.7. The van der Waals surface area contributed by atoms with Crippen molar-refractivity contribution in [1.82, 2.24) is 0 Å². The van der Waals surface area contributed by atoms with Crippen molar-refractivity contribution in [2.45, 2.75) is 117 Å². The molecule has 0 aromatic heterocycles. The van der Waals surface area contributed by atoms with Crippen molar-refractivity contribution in [2.75, 3.05) is 27.2 Å². The summed E-state index contributed by atoms with van der Waals surface area (Å²) in [5, 5.41) is 0. The van der Waals surface area contributed by atoms with E-state index < -0.39 is 10.4 Å². The topological polar surface area (TPSA) is 70.9 Å². The molecule has 28 heavy (non-hydrogen) atoms. The molecule has 0 atom stereocenters. The molecule has 1 N–H and O–H groups in total. The molecular weight excluding hydrogens is 374 g/mol. The molecule has 0 fully saturated rings. The minimum Gasteiger partial charge on any atom is -0.726 e. The Bertz CT molecular complexity index is 386. The number of quaternary nitrogens is 1. The fourth-order valence-electron chi connectivity index (χ4n) is 2.98. The standard InChI is InChI=1S/C18H39N.C4H10O4S/c1-4-5-6-7-8-9-10-11-12-13-14-15-16-17-18-19(2)3;1-2-3-4-8-9(5,6)7/h4-18H2,1-3H3;2-4H2,1H3,(H,5,6,7). The second-order valence-electron chi connectivity index (χ2n) is 8.14. The molecule has 0 unspecified atom stereocenters. The highest BCUT2D eigenvalue weighted by Crippen LogP contribution is 2.12. The van der Waals surface area contributed by atoms with Crippen LogP contribution in [0, 0.1) is 0 Å². The van der Waals surface area contributed by atoms with Crippen LogP contribution in [0.2, 0.25) is 0 Å². The lowest BCUT2D eigenvalue weighted by molar-refractivity contribution is -0.858. The van der Waals surface area contributed by atoms with Crippen molar-refractivity contribution in [3.05, 3.63) is 0 Å². The SMILES string of the molecule is CCCCCCCCCCCCCCCC[NH+](C)C.CCCCOS(=O)(=O)[O-]. The van der Waals surface area contributed by atoms with E-state index in [1.165, 1.54) is 96.4 Å². The predicted molar refractivity (Wildman–Crippen MR) is 119 cm³/mol. The van der Waals surface area contributed by atoms with E-state index >= 15 is 0 Å². The molecule has 172 valence electrons. The molecular formula is C22H49NO4S. The smallest absolute Gasteiger partial charge is 0.217 e. The van der Waals surface area contributed by atoms with Crippen molar-refractivity contribution in [2.24, 2.45) is 0 Å². The van der Waals surface area contributed by atoms with Gasteiger partial charge in [0.05, 0.1) is 27.2 Å². The molecule has 0 rings (SSSR count). The van der Waals surface area contributed by atoms with Crippen LogP contribution in [-0.2, 0) is 14.6 Å². The Kier molecular flexibility index (Phi) is 24.8. The first-order valence-corrected chi connectivity index (χ1v) is 13.1. The molecule has 6 heteroatoms. The molecule has 0 aliphatic heterocycles. The molecule has 0 bridgehead atoms. The molecule has 0 aromatic rings. The lowest BCUT2D eigenvalue weighted by Gasteiger charge is -2.06. The van der Waals surface area contributed by atoms with E-state index in [0.29, 0.717) is 6.42 Å². The highest BCUT2D eigenvalue weighted by molar-refractivity contribution is 7.80. The van der Waals surface area contributed by atoms with E-state index in [-0.39, 0.29) is 6.61 Å². The summed E-state index contributed by atoms with van der Waals surface area (Å²) in [6.07, 6.45) is 21.8. The molecule has 0 saturated heterocycles. The third kappa shape index (κ3) is 33.4. The normalized spacial score (nSPS) is 11.5. The third-order valence-electron chi connectivity index (χ3n) is 4.76. The van der Waals surface area contributed by atoms with Crippen LogP contribution in [0.1, 0.15) is 117 Å². The fraction of sp³-hybridized carbons (Fsp3) is 1.00. The van der Waals surface area contributed by atoms with Gasteiger partial charge in [-0.2, -0.15) is 0 Å². The van der Waals surface area contributed by atoms with E-state index in [0.717, 1.165) is 6.42 Å². The van der Waals surface area contributed by atoms with Crippen LogP contribution in [0.25, 0.3) is 0 Å². The molecule has 0 aliphatic carbocycles. The molecule has 0 aromatic carbocycles. The van der Waals surface area contributed by atoms with Gasteiger partial charge in [0.15, 0.2) is 0 Å². The Morgan fingerprint density at radius 1 is 0.643 bits per heavy atom. The number of unbranched alkanes of at least 4 members (excludes halogenated alkanes) is 14. The van der Waals surface area contributed by atoms with Gasteiger partial charge in [0, 0.05) is 0 Å². The van der Waals surface area contributed by atoms with Crippen LogP contribution in [0.15, 0.2) is 0 Å². The van der Waals surface area contributed by atoms with Crippen LogP contribution in [-0.4, -0.2) is 40.2 Å². The van der Waals surface area contributed by atoms with Crippen molar-refractivity contribution in [3.8, 4) is 0 Å². The molecule has 0 saturated carbocycles. The number of hydrogen-bond donors (Lipinski definition) is 1. The molecule has 0 aliphatic rings. The lowest BCUT2D eigenvalue weighted by Crippen LogP contribution is -3.05. The Morgan fingerprint density at radius 2 is 1.00 bits per heavy atom. The quantitative estimate of drug-likeness (QED) is 0.183. The minimum atomic E-state index is -4.45. The average molecular weight is 424 g/mol. The summed E-state index contributed by atoms with van der Waals surface area (Å²) < 4.78 is 33.1. The van der Waals surface area contributed by atoms with Gasteiger partial charge < -0.3 is 9.45 Å². The van der Waals surface area contributed by atoms with Gasteiger partial charge in [-0.05, 0) is 19.3 Å². The second-order valence-corrected chi connectivity index (χ2v) is 9.19. The van der Waals surface area contributed by atoms with Gasteiger partial charge in [-0.3, -0.25) is 4.18 Å². The second kappa shape index (κ2) is 23.1. The summed E-state index contributed by atoms with van der Waals surface area (Å²) in [4.78, 5) is 1.60. The Morgan fingerprint density at radius 3 is 1.32 bits per heavy atom. The van der Waals surface area contributed by atoms with E-state index in [1.54, 1.807) is 4.90 Å². The number of rotatable bonds is 19. The highest BCUT2D eigenvalue weighted by atomic mass is 32.3. The summed E-state index contributed by atoms with van der Waals surface area (Å²) in [6, 6.07) is 0. The largest absolute Gasteiger partial charge is 0.726 e. The average Bonchev–Trinajstić information content (AvgIpc) is 2.61. The summed E-state index contributed by atoms with van der Waals surface area (Å²) in [5.74, 6) is 0. The zero-order valence-corrected chi connectivity index (χ0v) is 20.1. The van der Waals surface area contributed by atoms with Gasteiger partial charge in [-0.25, -0.2) is 8.42 Å². The summed E-state index contributed by atoms with van der Waals surface area (Å²) in [6.45, 7) is 5.52. The maximum absolute atomic E-state index is 9.73. The monoisotopic (exact) mass is 423 g/mol. The lowest BCUT2D eigenvalue weighted by atomic mass is 10.0. The zero-order chi connectivity index (χ0) is 21.5. The highest BCUT2D eigenvalue weighted by Gasteiger charge is 1.95. The summed E-state index contributed by atoms with van der Waals surface area (Å²) >= 11 is 0. The van der Waals surface area contributed by atoms with Crippen LogP contribution >= 0.6 is 0 Å². The molecule has 0 heterocycles. The Labute approximate surface area is 176 Å². The van der Waals surface area contributed by atoms with Gasteiger partial charge >= 0.3 is 0 Å². The Hall–Kier alpha value is -0.170. The minimum absolute atomic E-state index is 0.00231. The fourth-order valence-corrected chi connectivity index (χ4v) is 3.30. The number of nitrogens with one attached hydrogen (secondary N) is 1. The first kappa shape index (κ1) is 30.0. The molecule has 0 spiro atoms. The van der Waals surface area contributed by atoms with Crippen molar-refractivity contribution < 1.29 is 22.1 Å². The van der Waals surface area contributed by atoms with Crippen LogP contribution in [0.5, 0.6) is 0 Å². The first-order chi connectivity index (χ1) is 13.3. The summed E-state index contributed by atoms with van der Waals surface area (Å²) in [5.41, 5.74) is 0. The zero-order valence-electron chi connectivity index (χ0n) is 19.3. The maximum Gasteiger partial charge on any atom is 0.217 e. The van der Waals surface area contributed by atoms with Crippen molar-refractivity contribution in [1.29, 1.82) is 0 Å². The van der Waals surface area contributed by atoms with Crippen LogP contribution < -0.4 is 4.90 Å². The van der Waals surface area contributed by atoms with Crippen LogP contribution in [0.4, 0.5) is 0 Å². The number of hydrogen-bond acceptors (Lipinski definition) is 4. The predicted octanol–water partition coefficient (Wildman–Crippen LogP) is 4.88. The molecule has 0 radical (unpaired) electrons. The van der Waals surface area contributed by atoms with E-state index in [2.05, 4.69) is 25.2 Å². The van der Waals surface area contributed by atoms with Gasteiger partial charge in [0.25, 0.3) is 0 Å². The van der Waals surface area contributed by atoms with Crippen molar-refractivity contribution >= 4 is 10.4 Å². The maximum atomic E-state index is 9.73. The van der Waals surface area contributed by atoms with E-state index in [4.69, 9.17) is 0 Å². The van der Waals surface area contributed by atoms with Crippen LogP contribution in [0.3, 0.4) is 0 Å². The molecule has 5 nitrogen and oxygen atoms in total. The van der Waals surface area contributed by atoms with Gasteiger partial charge in [0.2, 0.25) is 10.4 Å². The van der Waals surface area contributed by atoms with Gasteiger partial charge in [-0.15, -0.1) is 0 Å². The van der Waals surface area contributed by atoms with Gasteiger partial charge in [0.1, 0.15) is 0 Å². The summed E-state index contributed by atoms with van der Waals surface area (Å²) in [7, 11) is 0.0581. The molecule has 0 amide bonds. The Balaban J connectivity index is 0. The van der Waals surface area contributed by atoms with E-state index in [9.17, 15) is 13.0 Å². The third-order valence-corrected chi connectivity index (χ3v) is 5.21. The van der Waals surface area contributed by atoms with Gasteiger partial charge in [-0.1, -0.05) is 97.3 Å². The van der Waals surface area contributed by atoms with E-state index in [1.807, 2.05) is 6.92 Å².